The smallest absolute Gasteiger partial charge is 0.345 e. The van der Waals surface area contributed by atoms with E-state index in [4.69, 9.17) is 9.47 Å². The van der Waals surface area contributed by atoms with Crippen molar-refractivity contribution in [2.24, 2.45) is 0 Å². The minimum atomic E-state index is -0.984. The highest BCUT2D eigenvalue weighted by Crippen LogP contribution is 2.42. The SMILES string of the molecule is CC1(C)Cc2ccccc2C(c2ccc(CC(Oc3ccccc3)C(=O)O)c3ccccc23)O1. The summed E-state index contributed by atoms with van der Waals surface area (Å²) in [5.41, 5.74) is 4.24. The van der Waals surface area contributed by atoms with E-state index in [1.54, 1.807) is 12.1 Å². The monoisotopic (exact) mass is 452 g/mol. The van der Waals surface area contributed by atoms with Crippen molar-refractivity contribution >= 4 is 16.7 Å². The first kappa shape index (κ1) is 22.2. The highest BCUT2D eigenvalue weighted by molar-refractivity contribution is 5.90. The third-order valence-corrected chi connectivity index (χ3v) is 6.42. The molecule has 172 valence electrons. The van der Waals surface area contributed by atoms with E-state index in [1.165, 1.54) is 11.1 Å². The van der Waals surface area contributed by atoms with Crippen LogP contribution < -0.4 is 4.74 Å². The Morgan fingerprint density at radius 3 is 2.35 bits per heavy atom. The van der Waals surface area contributed by atoms with Crippen LogP contribution >= 0.6 is 0 Å². The van der Waals surface area contributed by atoms with Crippen molar-refractivity contribution in [1.29, 1.82) is 0 Å². The van der Waals surface area contributed by atoms with Crippen molar-refractivity contribution in [2.75, 3.05) is 0 Å². The zero-order chi connectivity index (χ0) is 23.7. The molecule has 0 saturated heterocycles. The predicted octanol–water partition coefficient (Wildman–Crippen LogP) is 6.36. The van der Waals surface area contributed by atoms with Gasteiger partial charge in [-0.25, -0.2) is 4.79 Å². The van der Waals surface area contributed by atoms with Crippen LogP contribution in [-0.2, 0) is 22.4 Å². The number of ether oxygens (including phenoxy) is 2. The Morgan fingerprint density at radius 2 is 1.59 bits per heavy atom. The molecule has 1 N–H and O–H groups in total. The Bertz CT molecular complexity index is 1330. The molecule has 1 aliphatic heterocycles. The van der Waals surface area contributed by atoms with Gasteiger partial charge >= 0.3 is 5.97 Å². The molecule has 1 heterocycles. The number of para-hydroxylation sites is 1. The van der Waals surface area contributed by atoms with Crippen LogP contribution in [0, 0.1) is 0 Å². The average molecular weight is 453 g/mol. The lowest BCUT2D eigenvalue weighted by Crippen LogP contribution is -2.35. The van der Waals surface area contributed by atoms with E-state index >= 15 is 0 Å². The maximum atomic E-state index is 12.0. The summed E-state index contributed by atoms with van der Waals surface area (Å²) in [5, 5.41) is 11.9. The summed E-state index contributed by atoms with van der Waals surface area (Å²) >= 11 is 0. The average Bonchev–Trinajstić information content (AvgIpc) is 2.83. The van der Waals surface area contributed by atoms with Gasteiger partial charge in [-0.2, -0.15) is 0 Å². The van der Waals surface area contributed by atoms with Gasteiger partial charge in [-0.15, -0.1) is 0 Å². The molecule has 2 atom stereocenters. The van der Waals surface area contributed by atoms with Crippen LogP contribution in [0.3, 0.4) is 0 Å². The van der Waals surface area contributed by atoms with Gasteiger partial charge in [-0.1, -0.05) is 78.9 Å². The molecule has 0 saturated carbocycles. The van der Waals surface area contributed by atoms with Crippen molar-refractivity contribution < 1.29 is 19.4 Å². The molecular formula is C30H28O4. The molecule has 4 aromatic rings. The molecule has 0 spiro atoms. The first-order chi connectivity index (χ1) is 16.4. The Labute approximate surface area is 199 Å². The van der Waals surface area contributed by atoms with Crippen LogP contribution in [0.1, 0.15) is 42.2 Å². The molecule has 0 aromatic heterocycles. The molecule has 34 heavy (non-hydrogen) atoms. The summed E-state index contributed by atoms with van der Waals surface area (Å²) < 4.78 is 12.4. The molecular weight excluding hydrogens is 424 g/mol. The fourth-order valence-corrected chi connectivity index (χ4v) is 4.90. The van der Waals surface area contributed by atoms with Gasteiger partial charge < -0.3 is 14.6 Å². The number of carbonyl (C=O) groups is 1. The zero-order valence-corrected chi connectivity index (χ0v) is 19.4. The van der Waals surface area contributed by atoms with Gasteiger partial charge in [0.2, 0.25) is 0 Å². The van der Waals surface area contributed by atoms with E-state index in [-0.39, 0.29) is 18.1 Å². The lowest BCUT2D eigenvalue weighted by molar-refractivity contribution is -0.145. The van der Waals surface area contributed by atoms with Crippen LogP contribution in [0.5, 0.6) is 5.75 Å². The Morgan fingerprint density at radius 1 is 0.912 bits per heavy atom. The first-order valence-electron chi connectivity index (χ1n) is 11.6. The van der Waals surface area contributed by atoms with Crippen molar-refractivity contribution in [3.05, 3.63) is 113 Å². The number of carboxylic acid groups (broad SMARTS) is 1. The summed E-state index contributed by atoms with van der Waals surface area (Å²) in [6, 6.07) is 29.8. The van der Waals surface area contributed by atoms with Crippen LogP contribution in [0.2, 0.25) is 0 Å². The standard InChI is InChI=1S/C30H28O4/c1-30(2)19-21-10-6-7-14-24(21)28(34-30)26-17-16-20(23-13-8-9-15-25(23)26)18-27(29(31)32)33-22-11-4-3-5-12-22/h3-17,27-28H,18-19H2,1-2H3,(H,31,32). The highest BCUT2D eigenvalue weighted by Gasteiger charge is 2.34. The molecule has 0 bridgehead atoms. The number of fused-ring (bicyclic) bond motifs is 2. The molecule has 0 aliphatic carbocycles. The zero-order valence-electron chi connectivity index (χ0n) is 19.4. The normalized spacial score (nSPS) is 17.6. The number of rotatable bonds is 6. The van der Waals surface area contributed by atoms with E-state index in [0.717, 1.165) is 28.3 Å². The summed E-state index contributed by atoms with van der Waals surface area (Å²) in [5.74, 6) is -0.437. The summed E-state index contributed by atoms with van der Waals surface area (Å²) in [4.78, 5) is 12.0. The fourth-order valence-electron chi connectivity index (χ4n) is 4.90. The molecule has 5 rings (SSSR count). The topological polar surface area (TPSA) is 55.8 Å². The fraction of sp³-hybridized carbons (Fsp3) is 0.233. The lowest BCUT2D eigenvalue weighted by Gasteiger charge is -2.38. The van der Waals surface area contributed by atoms with Crippen LogP contribution in [0.15, 0.2) is 91.0 Å². The second kappa shape index (κ2) is 8.96. The van der Waals surface area contributed by atoms with Crippen LogP contribution in [0.4, 0.5) is 0 Å². The first-order valence-corrected chi connectivity index (χ1v) is 11.6. The van der Waals surface area contributed by atoms with Crippen LogP contribution in [0.25, 0.3) is 10.8 Å². The van der Waals surface area contributed by atoms with Gasteiger partial charge in [0.1, 0.15) is 11.9 Å². The number of aliphatic carboxylic acids is 1. The number of hydrogen-bond acceptors (Lipinski definition) is 3. The lowest BCUT2D eigenvalue weighted by atomic mass is 9.84. The van der Waals surface area contributed by atoms with Crippen molar-refractivity contribution in [3.63, 3.8) is 0 Å². The third kappa shape index (κ3) is 4.42. The summed E-state index contributed by atoms with van der Waals surface area (Å²) in [6.07, 6.45) is -0.0391. The van der Waals surface area contributed by atoms with Gasteiger partial charge in [0.25, 0.3) is 0 Å². The van der Waals surface area contributed by atoms with E-state index in [9.17, 15) is 9.90 Å². The Kier molecular flexibility index (Phi) is 5.84. The highest BCUT2D eigenvalue weighted by atomic mass is 16.5. The molecule has 4 aromatic carbocycles. The van der Waals surface area contributed by atoms with E-state index in [0.29, 0.717) is 5.75 Å². The maximum Gasteiger partial charge on any atom is 0.345 e. The Hall–Kier alpha value is -3.63. The second-order valence-electron chi connectivity index (χ2n) is 9.45. The van der Waals surface area contributed by atoms with Gasteiger partial charge in [-0.3, -0.25) is 0 Å². The van der Waals surface area contributed by atoms with Gasteiger partial charge in [0.05, 0.1) is 5.60 Å². The molecule has 1 aliphatic rings. The quantitative estimate of drug-likeness (QED) is 0.370. The van der Waals surface area contributed by atoms with Gasteiger partial charge in [0.15, 0.2) is 6.10 Å². The van der Waals surface area contributed by atoms with Crippen molar-refractivity contribution in [3.8, 4) is 5.75 Å². The van der Waals surface area contributed by atoms with Gasteiger partial charge in [0, 0.05) is 12.8 Å². The molecule has 0 fully saturated rings. The molecule has 0 radical (unpaired) electrons. The number of benzene rings is 4. The third-order valence-electron chi connectivity index (χ3n) is 6.42. The van der Waals surface area contributed by atoms with Crippen molar-refractivity contribution in [2.45, 2.75) is 44.5 Å². The van der Waals surface area contributed by atoms with E-state index < -0.39 is 12.1 Å². The second-order valence-corrected chi connectivity index (χ2v) is 9.45. The van der Waals surface area contributed by atoms with Crippen LogP contribution in [-0.4, -0.2) is 22.8 Å². The number of carboxylic acids is 1. The minimum Gasteiger partial charge on any atom is -0.478 e. The summed E-state index contributed by atoms with van der Waals surface area (Å²) in [7, 11) is 0. The Balaban J connectivity index is 1.55. The van der Waals surface area contributed by atoms with E-state index in [1.807, 2.05) is 36.4 Å². The predicted molar refractivity (Wildman–Crippen MR) is 133 cm³/mol. The minimum absolute atomic E-state index is 0.185. The van der Waals surface area contributed by atoms with E-state index in [2.05, 4.69) is 56.3 Å². The van der Waals surface area contributed by atoms with Gasteiger partial charge in [-0.05, 0) is 59.0 Å². The maximum absolute atomic E-state index is 12.0. The molecule has 2 unspecified atom stereocenters. The summed E-state index contributed by atoms with van der Waals surface area (Å²) in [6.45, 7) is 4.26. The number of hydrogen-bond donors (Lipinski definition) is 1. The largest absolute Gasteiger partial charge is 0.478 e. The molecule has 4 heteroatoms. The molecule has 0 amide bonds. The van der Waals surface area contributed by atoms with Crippen molar-refractivity contribution in [1.82, 2.24) is 0 Å². The molecule has 4 nitrogen and oxygen atoms in total.